The molecule has 1 aromatic carbocycles. The van der Waals surface area contributed by atoms with E-state index in [9.17, 15) is 4.79 Å². The van der Waals surface area contributed by atoms with E-state index in [4.69, 9.17) is 5.73 Å². The van der Waals surface area contributed by atoms with Crippen molar-refractivity contribution >= 4 is 33.2 Å². The highest BCUT2D eigenvalue weighted by atomic mass is 79.9. The monoisotopic (exact) mass is 349 g/mol. The molecule has 1 amide bonds. The van der Waals surface area contributed by atoms with Crippen molar-refractivity contribution in [3.8, 4) is 0 Å². The van der Waals surface area contributed by atoms with E-state index in [1.165, 1.54) is 0 Å². The minimum atomic E-state index is -0.132. The molecule has 3 N–H and O–H groups in total. The number of anilines is 2. The van der Waals surface area contributed by atoms with E-state index in [2.05, 4.69) is 32.7 Å². The van der Waals surface area contributed by atoms with Gasteiger partial charge in [0.2, 0.25) is 0 Å². The number of nitrogens with zero attached hydrogens (tertiary/aromatic N) is 1. The number of nitrogen functional groups attached to an aromatic ring is 1. The number of aryl methyl sites for hydroxylation is 2. The summed E-state index contributed by atoms with van der Waals surface area (Å²) in [5.41, 5.74) is 10.9. The number of hydrogen-bond acceptors (Lipinski definition) is 2. The number of carbonyl (C=O) groups excluding carboxylic acids is 1. The zero-order valence-electron chi connectivity index (χ0n) is 12.7. The molecule has 4 nitrogen and oxygen atoms in total. The van der Waals surface area contributed by atoms with Gasteiger partial charge in [-0.25, -0.2) is 0 Å². The lowest BCUT2D eigenvalue weighted by Crippen LogP contribution is -2.14. The van der Waals surface area contributed by atoms with Crippen LogP contribution in [0.4, 0.5) is 11.4 Å². The van der Waals surface area contributed by atoms with E-state index < -0.39 is 0 Å². The first-order valence-corrected chi connectivity index (χ1v) is 7.68. The first-order valence-electron chi connectivity index (χ1n) is 6.88. The molecule has 0 saturated carbocycles. The third kappa shape index (κ3) is 2.97. The summed E-state index contributed by atoms with van der Waals surface area (Å²) in [6.45, 7) is 8.80. The van der Waals surface area contributed by atoms with Crippen LogP contribution < -0.4 is 11.1 Å². The van der Waals surface area contributed by atoms with Crippen molar-refractivity contribution in [3.63, 3.8) is 0 Å². The number of carbonyl (C=O) groups is 1. The van der Waals surface area contributed by atoms with Gasteiger partial charge in [-0.3, -0.25) is 4.79 Å². The van der Waals surface area contributed by atoms with Crippen molar-refractivity contribution in [2.45, 2.75) is 34.2 Å². The molecule has 0 spiro atoms. The molecule has 2 rings (SSSR count). The van der Waals surface area contributed by atoms with Gasteiger partial charge in [-0.2, -0.15) is 0 Å². The van der Waals surface area contributed by atoms with Crippen LogP contribution in [0, 0.1) is 20.8 Å². The Bertz CT molecular complexity index is 704. The fraction of sp³-hybridized carbons (Fsp3) is 0.312. The predicted octanol–water partition coefficient (Wildman–Crippen LogP) is 4.03. The van der Waals surface area contributed by atoms with Crippen LogP contribution in [0.5, 0.6) is 0 Å². The maximum absolute atomic E-state index is 12.5. The lowest BCUT2D eigenvalue weighted by molar-refractivity contribution is 0.102. The van der Waals surface area contributed by atoms with Gasteiger partial charge >= 0.3 is 0 Å². The minimum absolute atomic E-state index is 0.132. The van der Waals surface area contributed by atoms with Crippen LogP contribution >= 0.6 is 15.9 Å². The Morgan fingerprint density at radius 3 is 2.52 bits per heavy atom. The second-order valence-electron chi connectivity index (χ2n) is 5.17. The van der Waals surface area contributed by atoms with E-state index in [0.717, 1.165) is 28.0 Å². The molecule has 1 aromatic heterocycles. The molecule has 0 saturated heterocycles. The largest absolute Gasteiger partial charge is 0.397 e. The summed E-state index contributed by atoms with van der Waals surface area (Å²) >= 11 is 3.42. The second kappa shape index (κ2) is 5.93. The number of nitrogens with two attached hydrogens (primary N) is 1. The Morgan fingerprint density at radius 1 is 1.29 bits per heavy atom. The highest BCUT2D eigenvalue weighted by Gasteiger charge is 2.16. The highest BCUT2D eigenvalue weighted by molar-refractivity contribution is 9.10. The second-order valence-corrected chi connectivity index (χ2v) is 6.08. The molecule has 1 heterocycles. The summed E-state index contributed by atoms with van der Waals surface area (Å²) in [6, 6.07) is 5.66. The lowest BCUT2D eigenvalue weighted by Gasteiger charge is -2.11. The fourth-order valence-corrected chi connectivity index (χ4v) is 3.14. The summed E-state index contributed by atoms with van der Waals surface area (Å²) in [6.07, 6.45) is 0. The van der Waals surface area contributed by atoms with Crippen molar-refractivity contribution < 1.29 is 4.79 Å². The van der Waals surface area contributed by atoms with Crippen LogP contribution in [0.3, 0.4) is 0 Å². The van der Waals surface area contributed by atoms with Crippen LogP contribution in [0.2, 0.25) is 0 Å². The maximum atomic E-state index is 12.5. The van der Waals surface area contributed by atoms with Gasteiger partial charge in [0.05, 0.1) is 16.9 Å². The first kappa shape index (κ1) is 15.6. The summed E-state index contributed by atoms with van der Waals surface area (Å²) in [5.74, 6) is -0.132. The van der Waals surface area contributed by atoms with Gasteiger partial charge in [-0.1, -0.05) is 15.9 Å². The average molecular weight is 350 g/mol. The van der Waals surface area contributed by atoms with Crippen molar-refractivity contribution in [3.05, 3.63) is 45.2 Å². The molecule has 2 aromatic rings. The number of rotatable bonds is 3. The molecule has 0 aliphatic heterocycles. The standard InChI is InChI=1S/C16H20BrN3O/c1-5-20-10(3)7-13(11(20)4)16(21)19-14-8-12(17)6-9(2)15(14)18/h6-8H,5,18H2,1-4H3,(H,19,21). The van der Waals surface area contributed by atoms with Crippen molar-refractivity contribution in [2.75, 3.05) is 11.1 Å². The van der Waals surface area contributed by atoms with E-state index >= 15 is 0 Å². The van der Waals surface area contributed by atoms with Gasteiger partial charge in [0.1, 0.15) is 0 Å². The molecule has 0 fully saturated rings. The number of halogens is 1. The van der Waals surface area contributed by atoms with E-state index in [-0.39, 0.29) is 5.91 Å². The SMILES string of the molecule is CCn1c(C)cc(C(=O)Nc2cc(Br)cc(C)c2N)c1C. The first-order chi connectivity index (χ1) is 9.85. The molecular weight excluding hydrogens is 330 g/mol. The molecule has 5 heteroatoms. The number of hydrogen-bond donors (Lipinski definition) is 2. The van der Waals surface area contributed by atoms with Gasteiger partial charge in [-0.05, 0) is 51.5 Å². The smallest absolute Gasteiger partial charge is 0.257 e. The van der Waals surface area contributed by atoms with Gasteiger partial charge in [0.15, 0.2) is 0 Å². The fourth-order valence-electron chi connectivity index (χ4n) is 2.56. The lowest BCUT2D eigenvalue weighted by atomic mass is 10.1. The van der Waals surface area contributed by atoms with Crippen LogP contribution in [-0.4, -0.2) is 10.5 Å². The van der Waals surface area contributed by atoms with E-state index in [0.29, 0.717) is 16.9 Å². The number of nitrogens with one attached hydrogen (secondary N) is 1. The summed E-state index contributed by atoms with van der Waals surface area (Å²) in [7, 11) is 0. The molecule has 0 unspecified atom stereocenters. The van der Waals surface area contributed by atoms with Gasteiger partial charge < -0.3 is 15.6 Å². The predicted molar refractivity (Wildman–Crippen MR) is 90.8 cm³/mol. The van der Waals surface area contributed by atoms with Crippen molar-refractivity contribution in [1.29, 1.82) is 0 Å². The van der Waals surface area contributed by atoms with Gasteiger partial charge in [-0.15, -0.1) is 0 Å². The van der Waals surface area contributed by atoms with Crippen LogP contribution in [0.1, 0.15) is 34.2 Å². The van der Waals surface area contributed by atoms with Crippen LogP contribution in [0.15, 0.2) is 22.7 Å². The molecular formula is C16H20BrN3O. The van der Waals surface area contributed by atoms with E-state index in [1.54, 1.807) is 0 Å². The molecule has 0 aliphatic rings. The quantitative estimate of drug-likeness (QED) is 0.821. The molecule has 0 atom stereocenters. The highest BCUT2D eigenvalue weighted by Crippen LogP contribution is 2.28. The Morgan fingerprint density at radius 2 is 1.95 bits per heavy atom. The summed E-state index contributed by atoms with van der Waals surface area (Å²) in [5, 5.41) is 2.91. The summed E-state index contributed by atoms with van der Waals surface area (Å²) < 4.78 is 3.01. The molecule has 112 valence electrons. The van der Waals surface area contributed by atoms with Crippen LogP contribution in [-0.2, 0) is 6.54 Å². The summed E-state index contributed by atoms with van der Waals surface area (Å²) in [4.78, 5) is 12.5. The maximum Gasteiger partial charge on any atom is 0.257 e. The van der Waals surface area contributed by atoms with Gasteiger partial charge in [0, 0.05) is 22.4 Å². The number of benzene rings is 1. The molecule has 0 aliphatic carbocycles. The molecule has 0 bridgehead atoms. The van der Waals surface area contributed by atoms with E-state index in [1.807, 2.05) is 39.0 Å². The average Bonchev–Trinajstić information content (AvgIpc) is 2.70. The zero-order chi connectivity index (χ0) is 15.7. The Kier molecular flexibility index (Phi) is 4.42. The van der Waals surface area contributed by atoms with Crippen LogP contribution in [0.25, 0.3) is 0 Å². The Hall–Kier alpha value is -1.75. The third-order valence-electron chi connectivity index (χ3n) is 3.73. The minimum Gasteiger partial charge on any atom is -0.397 e. The van der Waals surface area contributed by atoms with Crippen molar-refractivity contribution in [2.24, 2.45) is 0 Å². The molecule has 0 radical (unpaired) electrons. The van der Waals surface area contributed by atoms with Crippen molar-refractivity contribution in [1.82, 2.24) is 4.57 Å². The Labute approximate surface area is 133 Å². The number of amides is 1. The molecule has 21 heavy (non-hydrogen) atoms. The van der Waals surface area contributed by atoms with Gasteiger partial charge in [0.25, 0.3) is 5.91 Å². The topological polar surface area (TPSA) is 60.0 Å². The third-order valence-corrected chi connectivity index (χ3v) is 4.19. The number of aromatic nitrogens is 1. The zero-order valence-corrected chi connectivity index (χ0v) is 14.3. The Balaban J connectivity index is 2.35. The normalized spacial score (nSPS) is 10.7.